The molecule has 0 unspecified atom stereocenters. The molecule has 1 aromatic rings. The normalized spacial score (nSPS) is 10.2. The van der Waals surface area contributed by atoms with Crippen LogP contribution in [-0.2, 0) is 0 Å². The number of hydrogen-bond acceptors (Lipinski definition) is 1. The number of benzene rings is 1. The van der Waals surface area contributed by atoms with Crippen LogP contribution in [0.4, 0.5) is 0 Å². The number of carbonyl (C=O) groups excluding carboxylic acids is 1. The van der Waals surface area contributed by atoms with Gasteiger partial charge in [-0.25, -0.2) is 0 Å². The number of nitrogens with zero attached hydrogens (tertiary/aromatic N) is 1. The minimum Gasteiger partial charge on any atom is -0.339 e. The molecule has 16 heavy (non-hydrogen) atoms. The Morgan fingerprint density at radius 3 is 2.56 bits per heavy atom. The first-order valence-electron chi connectivity index (χ1n) is 5.65. The molecule has 2 nitrogen and oxygen atoms in total. The van der Waals surface area contributed by atoms with E-state index in [2.05, 4.69) is 22.9 Å². The van der Waals surface area contributed by atoms with E-state index < -0.39 is 0 Å². The highest BCUT2D eigenvalue weighted by Crippen LogP contribution is 2.20. The minimum absolute atomic E-state index is 0.108. The first kappa shape index (κ1) is 13.2. The maximum atomic E-state index is 12.2. The van der Waals surface area contributed by atoms with Crippen LogP contribution in [0.5, 0.6) is 0 Å². The number of carbonyl (C=O) groups is 1. The van der Waals surface area contributed by atoms with Gasteiger partial charge in [-0.3, -0.25) is 4.79 Å². The average molecular weight is 284 g/mol. The van der Waals surface area contributed by atoms with Crippen LogP contribution in [0.3, 0.4) is 0 Å². The Morgan fingerprint density at radius 2 is 2.06 bits per heavy atom. The van der Waals surface area contributed by atoms with Crippen molar-refractivity contribution < 1.29 is 4.79 Å². The first-order valence-corrected chi connectivity index (χ1v) is 6.44. The lowest BCUT2D eigenvalue weighted by Gasteiger charge is -2.20. The van der Waals surface area contributed by atoms with E-state index in [0.29, 0.717) is 0 Å². The van der Waals surface area contributed by atoms with E-state index in [1.54, 1.807) is 0 Å². The topological polar surface area (TPSA) is 20.3 Å². The lowest BCUT2D eigenvalue weighted by Crippen LogP contribution is -2.31. The molecule has 0 fully saturated rings. The second-order valence-electron chi connectivity index (χ2n) is 3.87. The molecule has 0 aliphatic heterocycles. The zero-order valence-corrected chi connectivity index (χ0v) is 11.7. The highest BCUT2D eigenvalue weighted by molar-refractivity contribution is 9.10. The van der Waals surface area contributed by atoms with Gasteiger partial charge in [0, 0.05) is 17.6 Å². The fraction of sp³-hybridized carbons (Fsp3) is 0.462. The maximum absolute atomic E-state index is 12.2. The Balaban J connectivity index is 2.94. The van der Waals surface area contributed by atoms with Gasteiger partial charge in [-0.15, -0.1) is 0 Å². The number of hydrogen-bond donors (Lipinski definition) is 0. The van der Waals surface area contributed by atoms with Gasteiger partial charge in [-0.05, 0) is 53.9 Å². The third-order valence-electron chi connectivity index (χ3n) is 2.52. The van der Waals surface area contributed by atoms with Crippen LogP contribution in [0.2, 0.25) is 0 Å². The summed E-state index contributed by atoms with van der Waals surface area (Å²) in [6.45, 7) is 7.68. The number of aryl methyl sites for hydroxylation is 1. The fourth-order valence-corrected chi connectivity index (χ4v) is 2.30. The van der Waals surface area contributed by atoms with E-state index in [4.69, 9.17) is 0 Å². The summed E-state index contributed by atoms with van der Waals surface area (Å²) < 4.78 is 0.882. The molecule has 0 radical (unpaired) electrons. The predicted molar refractivity (Wildman–Crippen MR) is 70.7 cm³/mol. The predicted octanol–water partition coefficient (Wildman–Crippen LogP) is 3.63. The molecule has 0 bridgehead atoms. The van der Waals surface area contributed by atoms with Crippen molar-refractivity contribution in [2.75, 3.05) is 13.1 Å². The highest BCUT2D eigenvalue weighted by Gasteiger charge is 2.15. The van der Waals surface area contributed by atoms with Gasteiger partial charge in [0.1, 0.15) is 0 Å². The minimum atomic E-state index is 0.108. The molecule has 0 saturated heterocycles. The molecule has 88 valence electrons. The molecule has 0 spiro atoms. The van der Waals surface area contributed by atoms with Gasteiger partial charge in [0.05, 0.1) is 5.56 Å². The summed E-state index contributed by atoms with van der Waals surface area (Å²) in [6, 6.07) is 5.84. The molecule has 1 aromatic carbocycles. The standard InChI is InChI=1S/C13H18BrNO/c1-4-8-15(5-2)13(16)11-7-6-10(3)9-12(11)14/h6-7,9H,4-5,8H2,1-3H3. The molecular formula is C13H18BrNO. The third-order valence-corrected chi connectivity index (χ3v) is 3.17. The van der Waals surface area contributed by atoms with Crippen LogP contribution in [0.1, 0.15) is 36.2 Å². The molecule has 0 aliphatic rings. The van der Waals surface area contributed by atoms with Crippen LogP contribution in [-0.4, -0.2) is 23.9 Å². The van der Waals surface area contributed by atoms with E-state index >= 15 is 0 Å². The van der Waals surface area contributed by atoms with Gasteiger partial charge in [0.2, 0.25) is 0 Å². The van der Waals surface area contributed by atoms with Crippen molar-refractivity contribution in [3.8, 4) is 0 Å². The van der Waals surface area contributed by atoms with Crippen molar-refractivity contribution in [3.63, 3.8) is 0 Å². The molecule has 0 N–H and O–H groups in total. The lowest BCUT2D eigenvalue weighted by molar-refractivity contribution is 0.0763. The van der Waals surface area contributed by atoms with E-state index in [1.807, 2.05) is 36.9 Å². The Morgan fingerprint density at radius 1 is 1.38 bits per heavy atom. The monoisotopic (exact) mass is 283 g/mol. The van der Waals surface area contributed by atoms with E-state index in [9.17, 15) is 4.79 Å². The highest BCUT2D eigenvalue weighted by atomic mass is 79.9. The van der Waals surface area contributed by atoms with Crippen molar-refractivity contribution in [1.82, 2.24) is 4.90 Å². The van der Waals surface area contributed by atoms with Crippen LogP contribution in [0.25, 0.3) is 0 Å². The molecule has 0 heterocycles. The number of rotatable bonds is 4. The molecule has 3 heteroatoms. The summed E-state index contributed by atoms with van der Waals surface area (Å²) in [6.07, 6.45) is 0.989. The van der Waals surface area contributed by atoms with E-state index in [-0.39, 0.29) is 5.91 Å². The summed E-state index contributed by atoms with van der Waals surface area (Å²) in [4.78, 5) is 14.1. The maximum Gasteiger partial charge on any atom is 0.254 e. The summed E-state index contributed by atoms with van der Waals surface area (Å²) in [5.41, 5.74) is 1.91. The van der Waals surface area contributed by atoms with E-state index in [1.165, 1.54) is 0 Å². The average Bonchev–Trinajstić information content (AvgIpc) is 2.25. The number of halogens is 1. The summed E-state index contributed by atoms with van der Waals surface area (Å²) in [5.74, 6) is 0.108. The van der Waals surface area contributed by atoms with Gasteiger partial charge in [-0.2, -0.15) is 0 Å². The van der Waals surface area contributed by atoms with Crippen molar-refractivity contribution in [1.29, 1.82) is 0 Å². The smallest absolute Gasteiger partial charge is 0.254 e. The van der Waals surface area contributed by atoms with Crippen molar-refractivity contribution in [2.24, 2.45) is 0 Å². The zero-order chi connectivity index (χ0) is 12.1. The van der Waals surface area contributed by atoms with Gasteiger partial charge in [-0.1, -0.05) is 13.0 Å². The van der Waals surface area contributed by atoms with Crippen LogP contribution < -0.4 is 0 Å². The molecule has 0 aliphatic carbocycles. The quantitative estimate of drug-likeness (QED) is 0.826. The van der Waals surface area contributed by atoms with Gasteiger partial charge in [0.15, 0.2) is 0 Å². The van der Waals surface area contributed by atoms with Gasteiger partial charge < -0.3 is 4.90 Å². The Hall–Kier alpha value is -0.830. The van der Waals surface area contributed by atoms with Crippen LogP contribution in [0.15, 0.2) is 22.7 Å². The molecular weight excluding hydrogens is 266 g/mol. The van der Waals surface area contributed by atoms with Gasteiger partial charge >= 0.3 is 0 Å². The Labute approximate surface area is 106 Å². The summed E-state index contributed by atoms with van der Waals surface area (Å²) in [7, 11) is 0. The van der Waals surface area contributed by atoms with Crippen LogP contribution >= 0.6 is 15.9 Å². The fourth-order valence-electron chi connectivity index (χ4n) is 1.64. The molecule has 0 aromatic heterocycles. The molecule has 0 saturated carbocycles. The molecule has 0 atom stereocenters. The zero-order valence-electron chi connectivity index (χ0n) is 10.1. The van der Waals surface area contributed by atoms with Crippen LogP contribution in [0, 0.1) is 6.92 Å². The van der Waals surface area contributed by atoms with E-state index in [0.717, 1.165) is 35.1 Å². The first-order chi connectivity index (χ1) is 7.60. The third kappa shape index (κ3) is 3.08. The number of amides is 1. The van der Waals surface area contributed by atoms with Gasteiger partial charge in [0.25, 0.3) is 5.91 Å². The second-order valence-corrected chi connectivity index (χ2v) is 4.72. The van der Waals surface area contributed by atoms with Crippen molar-refractivity contribution >= 4 is 21.8 Å². The summed E-state index contributed by atoms with van der Waals surface area (Å²) >= 11 is 3.45. The SMILES string of the molecule is CCCN(CC)C(=O)c1ccc(C)cc1Br. The molecule has 1 rings (SSSR count). The second kappa shape index (κ2) is 6.04. The van der Waals surface area contributed by atoms with Crippen molar-refractivity contribution in [3.05, 3.63) is 33.8 Å². The molecule has 1 amide bonds. The Bertz CT molecular complexity index is 376. The Kier molecular flexibility index (Phi) is 5.00. The van der Waals surface area contributed by atoms with Crippen molar-refractivity contribution in [2.45, 2.75) is 27.2 Å². The largest absolute Gasteiger partial charge is 0.339 e. The summed E-state index contributed by atoms with van der Waals surface area (Å²) in [5, 5.41) is 0. The lowest BCUT2D eigenvalue weighted by atomic mass is 10.1.